The second-order valence-electron chi connectivity index (χ2n) is 3.21. The molecule has 0 radical (unpaired) electrons. The number of carboxylic acid groups (broad SMARTS) is 1. The average Bonchev–Trinajstić information content (AvgIpc) is 2.15. The Kier molecular flexibility index (Phi) is 7.05. The number of carbonyl (C=O) groups is 2. The Hall–Kier alpha value is -1.52. The minimum absolute atomic E-state index is 0.360. The summed E-state index contributed by atoms with van der Waals surface area (Å²) in [6.07, 6.45) is 1.30. The molecule has 0 fully saturated rings. The molecule has 0 saturated carbocycles. The predicted molar refractivity (Wildman–Crippen MR) is 55.7 cm³/mol. The third kappa shape index (κ3) is 8.80. The number of nitrogens with one attached hydrogen (secondary N) is 1. The van der Waals surface area contributed by atoms with Crippen LogP contribution in [0.2, 0.25) is 0 Å². The van der Waals surface area contributed by atoms with E-state index in [4.69, 9.17) is 9.84 Å². The summed E-state index contributed by atoms with van der Waals surface area (Å²) >= 11 is 0. The Labute approximate surface area is 89.1 Å². The molecule has 0 spiro atoms. The normalized spacial score (nSPS) is 9.40. The Morgan fingerprint density at radius 3 is 2.53 bits per heavy atom. The van der Waals surface area contributed by atoms with Crippen LogP contribution in [-0.2, 0) is 9.53 Å². The summed E-state index contributed by atoms with van der Waals surface area (Å²) in [7, 11) is 0. The first-order valence-electron chi connectivity index (χ1n) is 4.83. The van der Waals surface area contributed by atoms with Crippen LogP contribution in [0.1, 0.15) is 26.2 Å². The molecule has 0 aliphatic heterocycles. The first-order chi connectivity index (χ1) is 7.04. The van der Waals surface area contributed by atoms with Gasteiger partial charge < -0.3 is 15.2 Å². The van der Waals surface area contributed by atoms with Crippen molar-refractivity contribution < 1.29 is 19.4 Å². The summed E-state index contributed by atoms with van der Waals surface area (Å²) in [5.74, 6) is -0.376. The lowest BCUT2D eigenvalue weighted by Crippen LogP contribution is -2.21. The van der Waals surface area contributed by atoms with Gasteiger partial charge in [-0.1, -0.05) is 6.58 Å². The highest BCUT2D eigenvalue weighted by Crippen LogP contribution is 1.98. The van der Waals surface area contributed by atoms with Crippen molar-refractivity contribution in [1.29, 1.82) is 0 Å². The third-order valence-corrected chi connectivity index (χ3v) is 1.68. The molecule has 0 aromatic carbocycles. The third-order valence-electron chi connectivity index (χ3n) is 1.68. The molecule has 0 rings (SSSR count). The van der Waals surface area contributed by atoms with Crippen molar-refractivity contribution in [3.8, 4) is 0 Å². The molecule has 0 saturated heterocycles. The lowest BCUT2D eigenvalue weighted by Gasteiger charge is -2.04. The number of hydrogen-bond acceptors (Lipinski definition) is 3. The van der Waals surface area contributed by atoms with Crippen LogP contribution >= 0.6 is 0 Å². The standard InChI is InChI=1S/C10H17NO4/c1-8(2)9(12)15-7-5-3-4-6-11-10(13)14/h11H,1,3-7H2,2H3,(H,13,14). The molecule has 0 unspecified atom stereocenters. The Morgan fingerprint density at radius 1 is 1.33 bits per heavy atom. The summed E-state index contributed by atoms with van der Waals surface area (Å²) in [4.78, 5) is 21.0. The zero-order chi connectivity index (χ0) is 11.7. The van der Waals surface area contributed by atoms with Crippen LogP contribution in [0.15, 0.2) is 12.2 Å². The lowest BCUT2D eigenvalue weighted by molar-refractivity contribution is -0.139. The Balaban J connectivity index is 3.22. The lowest BCUT2D eigenvalue weighted by atomic mass is 10.2. The maximum Gasteiger partial charge on any atom is 0.404 e. The minimum Gasteiger partial charge on any atom is -0.465 e. The fraction of sp³-hybridized carbons (Fsp3) is 0.600. The van der Waals surface area contributed by atoms with Gasteiger partial charge in [-0.3, -0.25) is 0 Å². The molecular formula is C10H17NO4. The van der Waals surface area contributed by atoms with Gasteiger partial charge in [0, 0.05) is 12.1 Å². The zero-order valence-corrected chi connectivity index (χ0v) is 8.91. The van der Waals surface area contributed by atoms with Crippen molar-refractivity contribution in [3.05, 3.63) is 12.2 Å². The van der Waals surface area contributed by atoms with Gasteiger partial charge in [0.1, 0.15) is 0 Å². The molecule has 0 heterocycles. The number of ether oxygens (including phenoxy) is 1. The van der Waals surface area contributed by atoms with Crippen LogP contribution in [0.25, 0.3) is 0 Å². The number of hydrogen-bond donors (Lipinski definition) is 2. The molecule has 0 aromatic rings. The van der Waals surface area contributed by atoms with E-state index in [9.17, 15) is 9.59 Å². The van der Waals surface area contributed by atoms with Crippen molar-refractivity contribution in [2.24, 2.45) is 0 Å². The van der Waals surface area contributed by atoms with Gasteiger partial charge in [0.2, 0.25) is 0 Å². The van der Waals surface area contributed by atoms with E-state index in [0.29, 0.717) is 18.7 Å². The second kappa shape index (κ2) is 7.84. The highest BCUT2D eigenvalue weighted by atomic mass is 16.5. The predicted octanol–water partition coefficient (Wildman–Crippen LogP) is 1.54. The number of amides is 1. The average molecular weight is 215 g/mol. The molecule has 5 nitrogen and oxygen atoms in total. The number of esters is 1. The topological polar surface area (TPSA) is 75.6 Å². The van der Waals surface area contributed by atoms with Crippen LogP contribution in [0, 0.1) is 0 Å². The molecule has 1 amide bonds. The number of rotatable bonds is 7. The first-order valence-corrected chi connectivity index (χ1v) is 4.83. The Morgan fingerprint density at radius 2 is 2.00 bits per heavy atom. The van der Waals surface area contributed by atoms with Crippen molar-refractivity contribution >= 4 is 12.1 Å². The highest BCUT2D eigenvalue weighted by Gasteiger charge is 2.01. The second-order valence-corrected chi connectivity index (χ2v) is 3.21. The van der Waals surface area contributed by atoms with E-state index in [1.54, 1.807) is 6.92 Å². The van der Waals surface area contributed by atoms with E-state index in [2.05, 4.69) is 11.9 Å². The van der Waals surface area contributed by atoms with Crippen molar-refractivity contribution in [2.45, 2.75) is 26.2 Å². The van der Waals surface area contributed by atoms with Gasteiger partial charge in [-0.05, 0) is 26.2 Å². The van der Waals surface area contributed by atoms with Crippen LogP contribution in [0.4, 0.5) is 4.79 Å². The van der Waals surface area contributed by atoms with Crippen molar-refractivity contribution in [3.63, 3.8) is 0 Å². The van der Waals surface area contributed by atoms with Gasteiger partial charge in [-0.25, -0.2) is 9.59 Å². The highest BCUT2D eigenvalue weighted by molar-refractivity contribution is 5.86. The largest absolute Gasteiger partial charge is 0.465 e. The summed E-state index contributed by atoms with van der Waals surface area (Å²) in [5.41, 5.74) is 0.391. The maximum absolute atomic E-state index is 10.9. The van der Waals surface area contributed by atoms with E-state index in [0.717, 1.165) is 19.3 Å². The minimum atomic E-state index is -1.01. The van der Waals surface area contributed by atoms with E-state index in [1.165, 1.54) is 0 Å². The van der Waals surface area contributed by atoms with Gasteiger partial charge in [0.05, 0.1) is 6.61 Å². The van der Waals surface area contributed by atoms with Crippen LogP contribution in [0.5, 0.6) is 0 Å². The molecule has 0 atom stereocenters. The van der Waals surface area contributed by atoms with Crippen LogP contribution in [-0.4, -0.2) is 30.3 Å². The summed E-state index contributed by atoms with van der Waals surface area (Å²) in [6.45, 7) is 5.84. The fourth-order valence-corrected chi connectivity index (χ4v) is 0.887. The van der Waals surface area contributed by atoms with Gasteiger partial charge >= 0.3 is 12.1 Å². The molecule has 2 N–H and O–H groups in total. The van der Waals surface area contributed by atoms with Crippen LogP contribution < -0.4 is 5.32 Å². The molecule has 86 valence electrons. The molecule has 5 heteroatoms. The van der Waals surface area contributed by atoms with Gasteiger partial charge in [0.25, 0.3) is 0 Å². The van der Waals surface area contributed by atoms with E-state index in [-0.39, 0.29) is 5.97 Å². The molecule has 15 heavy (non-hydrogen) atoms. The molecule has 0 aliphatic carbocycles. The monoisotopic (exact) mass is 215 g/mol. The van der Waals surface area contributed by atoms with Gasteiger partial charge in [-0.15, -0.1) is 0 Å². The number of unbranched alkanes of at least 4 members (excludes halogenated alkanes) is 2. The van der Waals surface area contributed by atoms with Crippen molar-refractivity contribution in [1.82, 2.24) is 5.32 Å². The Bertz CT molecular complexity index is 238. The quantitative estimate of drug-likeness (QED) is 0.384. The van der Waals surface area contributed by atoms with Crippen LogP contribution in [0.3, 0.4) is 0 Å². The molecule has 0 aliphatic rings. The van der Waals surface area contributed by atoms with E-state index >= 15 is 0 Å². The van der Waals surface area contributed by atoms with Crippen molar-refractivity contribution in [2.75, 3.05) is 13.2 Å². The smallest absolute Gasteiger partial charge is 0.404 e. The SMILES string of the molecule is C=C(C)C(=O)OCCCCCNC(=O)O. The zero-order valence-electron chi connectivity index (χ0n) is 8.91. The molecule has 0 bridgehead atoms. The fourth-order valence-electron chi connectivity index (χ4n) is 0.887. The summed E-state index contributed by atoms with van der Waals surface area (Å²) in [5, 5.41) is 10.5. The van der Waals surface area contributed by atoms with Gasteiger partial charge in [0.15, 0.2) is 0 Å². The number of carbonyl (C=O) groups excluding carboxylic acids is 1. The summed E-state index contributed by atoms with van der Waals surface area (Å²) < 4.78 is 4.86. The van der Waals surface area contributed by atoms with E-state index < -0.39 is 6.09 Å². The molecule has 0 aromatic heterocycles. The summed E-state index contributed by atoms with van der Waals surface area (Å²) in [6, 6.07) is 0. The maximum atomic E-state index is 10.9. The van der Waals surface area contributed by atoms with E-state index in [1.807, 2.05) is 0 Å². The molecular weight excluding hydrogens is 198 g/mol. The first kappa shape index (κ1) is 13.5. The van der Waals surface area contributed by atoms with Gasteiger partial charge in [-0.2, -0.15) is 0 Å².